The van der Waals surface area contributed by atoms with Crippen molar-refractivity contribution in [1.29, 1.82) is 0 Å². The van der Waals surface area contributed by atoms with Gasteiger partial charge in [-0.1, -0.05) is 25.3 Å². The minimum atomic E-state index is 0.535. The first-order chi connectivity index (χ1) is 8.88. The van der Waals surface area contributed by atoms with Crippen LogP contribution in [0.1, 0.15) is 32.1 Å². The second kappa shape index (κ2) is 7.27. The van der Waals surface area contributed by atoms with E-state index >= 15 is 0 Å². The number of nitrogens with two attached hydrogens (primary N) is 1. The van der Waals surface area contributed by atoms with Crippen LogP contribution in [0.15, 0.2) is 24.3 Å². The van der Waals surface area contributed by atoms with E-state index in [0.717, 1.165) is 24.0 Å². The average molecular weight is 249 g/mol. The van der Waals surface area contributed by atoms with Gasteiger partial charge in [-0.3, -0.25) is 0 Å². The molecule has 2 N–H and O–H groups in total. The molecule has 0 unspecified atom stereocenters. The average Bonchev–Trinajstić information content (AvgIpc) is 2.44. The molecule has 0 aliphatic heterocycles. The van der Waals surface area contributed by atoms with Crippen molar-refractivity contribution >= 4 is 0 Å². The van der Waals surface area contributed by atoms with Gasteiger partial charge in [0.05, 0.1) is 6.61 Å². The molecule has 2 rings (SSSR count). The summed E-state index contributed by atoms with van der Waals surface area (Å²) >= 11 is 0. The van der Waals surface area contributed by atoms with Crippen LogP contribution in [0.2, 0.25) is 0 Å². The summed E-state index contributed by atoms with van der Waals surface area (Å²) in [6.45, 7) is 1.92. The first kappa shape index (κ1) is 13.2. The van der Waals surface area contributed by atoms with Gasteiger partial charge in [0.1, 0.15) is 18.1 Å². The van der Waals surface area contributed by atoms with Gasteiger partial charge in [0.15, 0.2) is 0 Å². The molecule has 1 saturated carbocycles. The molecule has 1 aliphatic carbocycles. The van der Waals surface area contributed by atoms with E-state index in [1.165, 1.54) is 32.1 Å². The van der Waals surface area contributed by atoms with E-state index in [1.807, 2.05) is 24.3 Å². The van der Waals surface area contributed by atoms with Crippen LogP contribution in [0.4, 0.5) is 0 Å². The summed E-state index contributed by atoms with van der Waals surface area (Å²) in [5.74, 6) is 2.46. The summed E-state index contributed by atoms with van der Waals surface area (Å²) in [7, 11) is 0. The molecule has 0 bridgehead atoms. The lowest BCUT2D eigenvalue weighted by atomic mass is 9.90. The van der Waals surface area contributed by atoms with E-state index in [1.54, 1.807) is 0 Å². The lowest BCUT2D eigenvalue weighted by molar-refractivity contribution is 0.208. The molecule has 0 aromatic heterocycles. The minimum Gasteiger partial charge on any atom is -0.493 e. The molecule has 0 radical (unpaired) electrons. The highest BCUT2D eigenvalue weighted by Crippen LogP contribution is 2.25. The maximum absolute atomic E-state index is 5.85. The van der Waals surface area contributed by atoms with Crippen molar-refractivity contribution in [3.05, 3.63) is 24.3 Å². The summed E-state index contributed by atoms with van der Waals surface area (Å²) in [5.41, 5.74) is 5.41. The fourth-order valence-corrected chi connectivity index (χ4v) is 2.40. The van der Waals surface area contributed by atoms with Crippen LogP contribution in [-0.4, -0.2) is 19.8 Å². The van der Waals surface area contributed by atoms with Crippen LogP contribution in [-0.2, 0) is 0 Å². The third-order valence-corrected chi connectivity index (χ3v) is 3.40. The van der Waals surface area contributed by atoms with Gasteiger partial charge in [-0.2, -0.15) is 0 Å². The minimum absolute atomic E-state index is 0.535. The van der Waals surface area contributed by atoms with Gasteiger partial charge in [-0.25, -0.2) is 0 Å². The molecule has 1 aromatic rings. The Kier molecular flexibility index (Phi) is 5.34. The third-order valence-electron chi connectivity index (χ3n) is 3.40. The lowest BCUT2D eigenvalue weighted by Crippen LogP contribution is -2.15. The highest BCUT2D eigenvalue weighted by atomic mass is 16.5. The van der Waals surface area contributed by atoms with Gasteiger partial charge in [0.2, 0.25) is 0 Å². The quantitative estimate of drug-likeness (QED) is 0.843. The van der Waals surface area contributed by atoms with E-state index in [9.17, 15) is 0 Å². The molecule has 0 saturated heterocycles. The zero-order valence-corrected chi connectivity index (χ0v) is 10.9. The Labute approximate surface area is 109 Å². The topological polar surface area (TPSA) is 44.5 Å². The lowest BCUT2D eigenvalue weighted by Gasteiger charge is -2.21. The highest BCUT2D eigenvalue weighted by molar-refractivity contribution is 5.32. The first-order valence-electron chi connectivity index (χ1n) is 6.94. The molecule has 3 nitrogen and oxygen atoms in total. The number of hydrogen-bond donors (Lipinski definition) is 1. The predicted molar refractivity (Wildman–Crippen MR) is 73.1 cm³/mol. The van der Waals surface area contributed by atoms with Crippen molar-refractivity contribution < 1.29 is 9.47 Å². The van der Waals surface area contributed by atoms with Crippen LogP contribution in [0, 0.1) is 5.92 Å². The molecule has 3 heteroatoms. The number of rotatable bonds is 6. The molecule has 100 valence electrons. The molecule has 0 atom stereocenters. The van der Waals surface area contributed by atoms with Gasteiger partial charge in [-0.05, 0) is 30.9 Å². The van der Waals surface area contributed by atoms with Crippen LogP contribution >= 0.6 is 0 Å². The molecule has 0 heterocycles. The maximum atomic E-state index is 5.85. The molecule has 0 spiro atoms. The van der Waals surface area contributed by atoms with Gasteiger partial charge in [-0.15, -0.1) is 0 Å². The normalized spacial score (nSPS) is 16.5. The smallest absolute Gasteiger partial charge is 0.123 e. The summed E-state index contributed by atoms with van der Waals surface area (Å²) in [6, 6.07) is 7.82. The van der Waals surface area contributed by atoms with Crippen LogP contribution in [0.5, 0.6) is 11.5 Å². The third kappa shape index (κ3) is 4.22. The monoisotopic (exact) mass is 249 g/mol. The Morgan fingerprint density at radius 2 is 1.78 bits per heavy atom. The van der Waals surface area contributed by atoms with Crippen LogP contribution in [0.3, 0.4) is 0 Å². The second-order valence-electron chi connectivity index (χ2n) is 4.93. The summed E-state index contributed by atoms with van der Waals surface area (Å²) in [5, 5.41) is 0. The molecule has 18 heavy (non-hydrogen) atoms. The van der Waals surface area contributed by atoms with Gasteiger partial charge in [0.25, 0.3) is 0 Å². The van der Waals surface area contributed by atoms with Crippen LogP contribution in [0.25, 0.3) is 0 Å². The zero-order valence-electron chi connectivity index (χ0n) is 10.9. The van der Waals surface area contributed by atoms with Crippen molar-refractivity contribution in [2.75, 3.05) is 19.8 Å². The van der Waals surface area contributed by atoms with Crippen molar-refractivity contribution in [2.24, 2.45) is 11.7 Å². The predicted octanol–water partition coefficient (Wildman–Crippen LogP) is 2.98. The second-order valence-corrected chi connectivity index (χ2v) is 4.93. The highest BCUT2D eigenvalue weighted by Gasteiger charge is 2.13. The molecule has 1 fully saturated rings. The Morgan fingerprint density at radius 3 is 2.50 bits per heavy atom. The number of ether oxygens (including phenoxy) is 2. The summed E-state index contributed by atoms with van der Waals surface area (Å²) in [6.07, 6.45) is 6.72. The van der Waals surface area contributed by atoms with Crippen molar-refractivity contribution in [3.8, 4) is 11.5 Å². The van der Waals surface area contributed by atoms with Crippen molar-refractivity contribution in [1.82, 2.24) is 0 Å². The Balaban J connectivity index is 1.80. The molecular weight excluding hydrogens is 226 g/mol. The Bertz CT molecular complexity index is 348. The van der Waals surface area contributed by atoms with Crippen LogP contribution < -0.4 is 15.2 Å². The molecule has 1 aliphatic rings. The fraction of sp³-hybridized carbons (Fsp3) is 0.600. The summed E-state index contributed by atoms with van der Waals surface area (Å²) in [4.78, 5) is 0. The Hall–Kier alpha value is -1.22. The van der Waals surface area contributed by atoms with Gasteiger partial charge >= 0.3 is 0 Å². The molecule has 0 amide bonds. The number of hydrogen-bond acceptors (Lipinski definition) is 3. The van der Waals surface area contributed by atoms with Crippen molar-refractivity contribution in [2.45, 2.75) is 32.1 Å². The maximum Gasteiger partial charge on any atom is 0.123 e. The van der Waals surface area contributed by atoms with E-state index in [4.69, 9.17) is 15.2 Å². The van der Waals surface area contributed by atoms with E-state index in [2.05, 4.69) is 0 Å². The van der Waals surface area contributed by atoms with E-state index < -0.39 is 0 Å². The fourth-order valence-electron chi connectivity index (χ4n) is 2.40. The number of benzene rings is 1. The van der Waals surface area contributed by atoms with Gasteiger partial charge < -0.3 is 15.2 Å². The largest absolute Gasteiger partial charge is 0.493 e. The van der Waals surface area contributed by atoms with Gasteiger partial charge in [0, 0.05) is 12.6 Å². The standard InChI is InChI=1S/C15H23NO2/c16-9-10-17-14-7-4-8-15(11-14)18-12-13-5-2-1-3-6-13/h4,7-8,11,13H,1-3,5-6,9-10,12,16H2. The van der Waals surface area contributed by atoms with E-state index in [-0.39, 0.29) is 0 Å². The van der Waals surface area contributed by atoms with Crippen molar-refractivity contribution in [3.63, 3.8) is 0 Å². The SMILES string of the molecule is NCCOc1cccc(OCC2CCCCC2)c1. The first-order valence-corrected chi connectivity index (χ1v) is 6.94. The summed E-state index contributed by atoms with van der Waals surface area (Å²) < 4.78 is 11.3. The molecular formula is C15H23NO2. The zero-order chi connectivity index (χ0) is 12.6. The van der Waals surface area contributed by atoms with E-state index in [0.29, 0.717) is 13.2 Å². The Morgan fingerprint density at radius 1 is 1.06 bits per heavy atom. The molecule has 1 aromatic carbocycles.